The van der Waals surface area contributed by atoms with Gasteiger partial charge in [0.25, 0.3) is 5.91 Å². The number of nitrogens with one attached hydrogen (secondary N) is 1. The lowest BCUT2D eigenvalue weighted by atomic mass is 10.0. The third-order valence-corrected chi connectivity index (χ3v) is 8.41. The summed E-state index contributed by atoms with van der Waals surface area (Å²) in [6.07, 6.45) is 3.81. The van der Waals surface area contributed by atoms with Crippen LogP contribution in [0.3, 0.4) is 0 Å². The van der Waals surface area contributed by atoms with Crippen LogP contribution in [0.5, 0.6) is 0 Å². The molecule has 190 valence electrons. The third kappa shape index (κ3) is 5.60. The summed E-state index contributed by atoms with van der Waals surface area (Å²) in [5.41, 5.74) is 3.02. The Balaban J connectivity index is 1.03. The summed E-state index contributed by atoms with van der Waals surface area (Å²) in [6, 6.07) is 22.8. The highest BCUT2D eigenvalue weighted by Crippen LogP contribution is 2.30. The summed E-state index contributed by atoms with van der Waals surface area (Å²) in [6.45, 7) is 6.65. The molecule has 0 saturated carbocycles. The minimum Gasteiger partial charge on any atom is -0.353 e. The molecule has 0 radical (unpaired) electrons. The maximum atomic E-state index is 13.0. The Morgan fingerprint density at radius 3 is 2.41 bits per heavy atom. The molecule has 4 heterocycles. The van der Waals surface area contributed by atoms with E-state index in [1.54, 1.807) is 11.3 Å². The monoisotopic (exact) mass is 512 g/mol. The molecule has 37 heavy (non-hydrogen) atoms. The number of carbonyl (C=O) groups excluding carboxylic acids is 1. The number of hydrogen-bond acceptors (Lipinski definition) is 7. The number of piperazine rings is 1. The molecule has 1 N–H and O–H groups in total. The second-order valence-electron chi connectivity index (χ2n) is 9.85. The van der Waals surface area contributed by atoms with E-state index < -0.39 is 0 Å². The van der Waals surface area contributed by atoms with Gasteiger partial charge in [0.05, 0.1) is 10.2 Å². The predicted molar refractivity (Wildman–Crippen MR) is 150 cm³/mol. The predicted octanol–water partition coefficient (Wildman–Crippen LogP) is 4.41. The lowest BCUT2D eigenvalue weighted by Gasteiger charge is -2.35. The van der Waals surface area contributed by atoms with Gasteiger partial charge >= 0.3 is 0 Å². The number of hydrogen-bond donors (Lipinski definition) is 1. The van der Waals surface area contributed by atoms with Crippen molar-refractivity contribution in [2.75, 3.05) is 49.1 Å². The van der Waals surface area contributed by atoms with Gasteiger partial charge in [-0.3, -0.25) is 9.69 Å². The van der Waals surface area contributed by atoms with Crippen LogP contribution in [0.25, 0.3) is 10.2 Å². The van der Waals surface area contributed by atoms with E-state index in [0.717, 1.165) is 85.4 Å². The number of aromatic nitrogens is 2. The zero-order valence-corrected chi connectivity index (χ0v) is 21.7. The van der Waals surface area contributed by atoms with Crippen LogP contribution < -0.4 is 15.1 Å². The van der Waals surface area contributed by atoms with Crippen molar-refractivity contribution < 1.29 is 4.79 Å². The normalized spacial score (nSPS) is 17.3. The van der Waals surface area contributed by atoms with Crippen LogP contribution in [-0.2, 0) is 6.54 Å². The largest absolute Gasteiger partial charge is 0.353 e. The molecule has 0 spiro atoms. The maximum absolute atomic E-state index is 13.0. The van der Waals surface area contributed by atoms with Crippen molar-refractivity contribution in [3.8, 4) is 0 Å². The number of piperidine rings is 1. The number of thiazole rings is 1. The van der Waals surface area contributed by atoms with Gasteiger partial charge < -0.3 is 15.1 Å². The van der Waals surface area contributed by atoms with E-state index in [1.165, 1.54) is 5.56 Å². The number of rotatable bonds is 6. The fourth-order valence-electron chi connectivity index (χ4n) is 5.20. The third-order valence-electron chi connectivity index (χ3n) is 7.33. The van der Waals surface area contributed by atoms with Crippen LogP contribution in [0, 0.1) is 0 Å². The fraction of sp³-hybridized carbons (Fsp3) is 0.345. The second-order valence-corrected chi connectivity index (χ2v) is 10.9. The summed E-state index contributed by atoms with van der Waals surface area (Å²) < 4.78 is 1.06. The van der Waals surface area contributed by atoms with Crippen LogP contribution in [0.15, 0.2) is 72.9 Å². The molecule has 1 amide bonds. The fourth-order valence-corrected chi connectivity index (χ4v) is 6.26. The highest BCUT2D eigenvalue weighted by molar-refractivity contribution is 7.22. The van der Waals surface area contributed by atoms with Gasteiger partial charge in [-0.15, -0.1) is 0 Å². The van der Waals surface area contributed by atoms with Gasteiger partial charge in [0, 0.05) is 63.6 Å². The average molecular weight is 513 g/mol. The Hall–Kier alpha value is -3.49. The number of likely N-dealkylation sites (tertiary alicyclic amines) is 1. The molecule has 2 aromatic heterocycles. The lowest BCUT2D eigenvalue weighted by molar-refractivity contribution is 0.0909. The van der Waals surface area contributed by atoms with Crippen LogP contribution in [0.4, 0.5) is 10.9 Å². The Labute approximate surface area is 221 Å². The van der Waals surface area contributed by atoms with Gasteiger partial charge in [0.15, 0.2) is 5.13 Å². The van der Waals surface area contributed by atoms with Crippen molar-refractivity contribution in [3.63, 3.8) is 0 Å². The van der Waals surface area contributed by atoms with Gasteiger partial charge in [0.1, 0.15) is 5.82 Å². The van der Waals surface area contributed by atoms with Crippen molar-refractivity contribution in [3.05, 3.63) is 84.1 Å². The highest BCUT2D eigenvalue weighted by atomic mass is 32.1. The quantitative estimate of drug-likeness (QED) is 0.413. The molecule has 0 unspecified atom stereocenters. The van der Waals surface area contributed by atoms with E-state index in [4.69, 9.17) is 4.98 Å². The molecule has 0 atom stereocenters. The minimum absolute atomic E-state index is 0.0161. The Morgan fingerprint density at radius 2 is 1.65 bits per heavy atom. The van der Waals surface area contributed by atoms with Crippen LogP contribution >= 0.6 is 11.3 Å². The van der Waals surface area contributed by atoms with Crippen LogP contribution in [0.2, 0.25) is 0 Å². The number of anilines is 2. The number of pyridine rings is 1. The zero-order chi connectivity index (χ0) is 25.0. The van der Waals surface area contributed by atoms with E-state index in [2.05, 4.69) is 61.4 Å². The first-order valence-corrected chi connectivity index (χ1v) is 13.9. The molecule has 0 aliphatic carbocycles. The van der Waals surface area contributed by atoms with Crippen molar-refractivity contribution in [1.82, 2.24) is 20.2 Å². The molecular formula is C29H32N6OS. The minimum atomic E-state index is 0.0161. The van der Waals surface area contributed by atoms with Crippen molar-refractivity contribution >= 4 is 38.4 Å². The van der Waals surface area contributed by atoms with Crippen molar-refractivity contribution in [2.45, 2.75) is 25.4 Å². The second kappa shape index (κ2) is 10.9. The summed E-state index contributed by atoms with van der Waals surface area (Å²) in [5.74, 6) is 1.05. The van der Waals surface area contributed by atoms with E-state index in [0.29, 0.717) is 0 Å². The molecule has 6 rings (SSSR count). The van der Waals surface area contributed by atoms with E-state index in [-0.39, 0.29) is 11.9 Å². The lowest BCUT2D eigenvalue weighted by Crippen LogP contribution is -2.46. The van der Waals surface area contributed by atoms with Gasteiger partial charge in [-0.2, -0.15) is 0 Å². The first-order valence-electron chi connectivity index (χ1n) is 13.1. The Kier molecular flexibility index (Phi) is 7.01. The average Bonchev–Trinajstić information content (AvgIpc) is 3.39. The topological polar surface area (TPSA) is 64.6 Å². The summed E-state index contributed by atoms with van der Waals surface area (Å²) in [4.78, 5) is 29.5. The maximum Gasteiger partial charge on any atom is 0.251 e. The summed E-state index contributed by atoms with van der Waals surface area (Å²) >= 11 is 1.67. The van der Waals surface area contributed by atoms with E-state index >= 15 is 0 Å². The molecule has 2 aromatic carbocycles. The smallest absolute Gasteiger partial charge is 0.251 e. The zero-order valence-electron chi connectivity index (χ0n) is 20.9. The van der Waals surface area contributed by atoms with Crippen molar-refractivity contribution in [2.24, 2.45) is 0 Å². The van der Waals surface area contributed by atoms with E-state index in [1.807, 2.05) is 36.5 Å². The summed E-state index contributed by atoms with van der Waals surface area (Å²) in [5, 5.41) is 4.30. The van der Waals surface area contributed by atoms with Crippen molar-refractivity contribution in [1.29, 1.82) is 0 Å². The number of carbonyl (C=O) groups is 1. The first-order chi connectivity index (χ1) is 18.2. The molecule has 4 aromatic rings. The molecule has 2 fully saturated rings. The highest BCUT2D eigenvalue weighted by Gasteiger charge is 2.23. The standard InChI is InChI=1S/C29H32N6OS/c36-28(31-24-11-14-33(15-12-24)21-22-6-2-1-3-7-22)23-9-10-25-26(20-23)37-29(32-25)35-18-16-34(17-19-35)27-8-4-5-13-30-27/h1-10,13,20,24H,11-12,14-19,21H2,(H,31,36). The van der Waals surface area contributed by atoms with Gasteiger partial charge in [-0.25, -0.2) is 9.97 Å². The number of nitrogens with zero attached hydrogens (tertiary/aromatic N) is 5. The van der Waals surface area contributed by atoms with Gasteiger partial charge in [-0.1, -0.05) is 47.7 Å². The molecule has 8 heteroatoms. The Bertz CT molecular complexity index is 1330. The molecule has 7 nitrogen and oxygen atoms in total. The molecule has 2 aliphatic heterocycles. The van der Waals surface area contributed by atoms with Gasteiger partial charge in [0.2, 0.25) is 0 Å². The number of amides is 1. The number of fused-ring (bicyclic) bond motifs is 1. The SMILES string of the molecule is O=C(NC1CCN(Cc2ccccc2)CC1)c1ccc2nc(N3CCN(c4ccccn4)CC3)sc2c1. The molecule has 2 saturated heterocycles. The van der Waals surface area contributed by atoms with E-state index in [9.17, 15) is 4.79 Å². The molecular weight excluding hydrogens is 480 g/mol. The van der Waals surface area contributed by atoms with Crippen LogP contribution in [0.1, 0.15) is 28.8 Å². The number of benzene rings is 2. The first kappa shape index (κ1) is 23.9. The Morgan fingerprint density at radius 1 is 0.892 bits per heavy atom. The van der Waals surface area contributed by atoms with Gasteiger partial charge in [-0.05, 0) is 48.7 Å². The molecule has 2 aliphatic rings. The van der Waals surface area contributed by atoms with Crippen LogP contribution in [-0.4, -0.2) is 66.1 Å². The summed E-state index contributed by atoms with van der Waals surface area (Å²) in [7, 11) is 0. The molecule has 0 bridgehead atoms.